The van der Waals surface area contributed by atoms with E-state index < -0.39 is 11.4 Å². The molecule has 4 aliphatic rings. The van der Waals surface area contributed by atoms with E-state index in [0.717, 1.165) is 50.5 Å². The minimum atomic E-state index is -1.09. The fourth-order valence-electron chi connectivity index (χ4n) is 8.97. The monoisotopic (exact) mass is 467 g/mol. The van der Waals surface area contributed by atoms with Gasteiger partial charge in [0.15, 0.2) is 5.78 Å². The molecule has 0 aromatic rings. The van der Waals surface area contributed by atoms with Crippen LogP contribution >= 0.6 is 0 Å². The Hall–Kier alpha value is -1.71. The normalized spacial score (nSPS) is 40.5. The summed E-state index contributed by atoms with van der Waals surface area (Å²) in [5, 5.41) is 11.0. The van der Waals surface area contributed by atoms with E-state index in [1.54, 1.807) is 13.0 Å². The molecule has 0 saturated heterocycles. The Bertz CT molecular complexity index is 984. The van der Waals surface area contributed by atoms with Crippen molar-refractivity contribution in [3.05, 3.63) is 22.8 Å². The number of Topliss-reactive ketones (excluding diaryl/α,β-unsaturated/α-hetero) is 2. The highest BCUT2D eigenvalue weighted by molar-refractivity contribution is 6.00. The van der Waals surface area contributed by atoms with E-state index >= 15 is 0 Å². The van der Waals surface area contributed by atoms with Crippen molar-refractivity contribution in [3.8, 4) is 0 Å². The molecule has 0 aliphatic heterocycles. The van der Waals surface area contributed by atoms with Crippen LogP contribution in [0.4, 0.5) is 0 Å². The molecule has 0 bridgehead atoms. The van der Waals surface area contributed by atoms with Crippen LogP contribution in [0.3, 0.4) is 0 Å². The summed E-state index contributed by atoms with van der Waals surface area (Å²) in [7, 11) is 0. The summed E-state index contributed by atoms with van der Waals surface area (Å²) < 4.78 is 0. The summed E-state index contributed by atoms with van der Waals surface area (Å²) in [6.45, 7) is 15.2. The fraction of sp³-hybridized carbons (Fsp3) is 0.767. The molecule has 2 fully saturated rings. The molecule has 2 saturated carbocycles. The highest BCUT2D eigenvalue weighted by atomic mass is 16.4. The molecule has 0 aromatic carbocycles. The third kappa shape index (κ3) is 3.41. The average Bonchev–Trinajstić information content (AvgIpc) is 3.04. The van der Waals surface area contributed by atoms with Crippen LogP contribution in [0.15, 0.2) is 22.8 Å². The van der Waals surface area contributed by atoms with Gasteiger partial charge in [0.05, 0.1) is 5.97 Å². The molecule has 0 N–H and O–H groups in total. The number of hydrogen-bond acceptors (Lipinski definition) is 4. The zero-order chi connectivity index (χ0) is 25.3. The van der Waals surface area contributed by atoms with Crippen LogP contribution in [0.1, 0.15) is 106 Å². The Balaban J connectivity index is 1.66. The molecule has 1 unspecified atom stereocenters. The number of fused-ring (bicyclic) bond motifs is 4. The van der Waals surface area contributed by atoms with Gasteiger partial charge < -0.3 is 9.90 Å². The van der Waals surface area contributed by atoms with Crippen LogP contribution in [0.5, 0.6) is 0 Å². The lowest BCUT2D eigenvalue weighted by atomic mass is 9.43. The molecule has 0 spiro atoms. The molecule has 188 valence electrons. The minimum Gasteiger partial charge on any atom is -0.545 e. The Labute approximate surface area is 205 Å². The second-order valence-corrected chi connectivity index (χ2v) is 13.2. The maximum atomic E-state index is 13.9. The number of aliphatic carboxylic acids is 1. The molecule has 4 nitrogen and oxygen atoms in total. The van der Waals surface area contributed by atoms with Gasteiger partial charge >= 0.3 is 0 Å². The van der Waals surface area contributed by atoms with Crippen LogP contribution < -0.4 is 5.11 Å². The summed E-state index contributed by atoms with van der Waals surface area (Å²) in [5.74, 6) is 0.621. The van der Waals surface area contributed by atoms with E-state index in [4.69, 9.17) is 0 Å². The first-order valence-electron chi connectivity index (χ1n) is 13.4. The third-order valence-electron chi connectivity index (χ3n) is 11.5. The highest BCUT2D eigenvalue weighted by Gasteiger charge is 2.65. The molecule has 4 rings (SSSR count). The third-order valence-corrected chi connectivity index (χ3v) is 11.5. The number of ketones is 2. The number of carbonyl (C=O) groups excluding carboxylic acids is 3. The Morgan fingerprint density at radius 2 is 1.76 bits per heavy atom. The summed E-state index contributed by atoms with van der Waals surface area (Å²) in [4.78, 5) is 37.7. The van der Waals surface area contributed by atoms with Crippen molar-refractivity contribution in [1.29, 1.82) is 0 Å². The van der Waals surface area contributed by atoms with Crippen molar-refractivity contribution < 1.29 is 19.5 Å². The number of carbonyl (C=O) groups is 3. The lowest BCUT2D eigenvalue weighted by Gasteiger charge is -2.60. The number of carboxylic acid groups (broad SMARTS) is 1. The second-order valence-electron chi connectivity index (χ2n) is 13.2. The van der Waals surface area contributed by atoms with Crippen LogP contribution in [-0.2, 0) is 14.4 Å². The van der Waals surface area contributed by atoms with Gasteiger partial charge in [-0.05, 0) is 86.0 Å². The van der Waals surface area contributed by atoms with E-state index in [2.05, 4.69) is 41.5 Å². The van der Waals surface area contributed by atoms with Crippen LogP contribution in [0.2, 0.25) is 0 Å². The zero-order valence-electron chi connectivity index (χ0n) is 22.3. The van der Waals surface area contributed by atoms with Gasteiger partial charge in [-0.1, -0.05) is 53.2 Å². The maximum absolute atomic E-state index is 13.9. The second kappa shape index (κ2) is 8.17. The largest absolute Gasteiger partial charge is 0.545 e. The van der Waals surface area contributed by atoms with Crippen LogP contribution in [0.25, 0.3) is 0 Å². The maximum Gasteiger partial charge on any atom is 0.159 e. The van der Waals surface area contributed by atoms with Gasteiger partial charge in [-0.3, -0.25) is 9.59 Å². The summed E-state index contributed by atoms with van der Waals surface area (Å²) >= 11 is 0. The molecular weight excluding hydrogens is 424 g/mol. The SMILES string of the molecule is C/C(=C\CC[C@@H](C)[C@H]1CC[C@@]2(C)C3=C(CC[C@]12C)[C@@]1(C)CCC(=O)C(C)(C)C1CC3=O)C(=O)[O-]. The predicted octanol–water partition coefficient (Wildman–Crippen LogP) is 5.60. The minimum absolute atomic E-state index is 0.0537. The van der Waals surface area contributed by atoms with E-state index in [1.807, 2.05) is 0 Å². The van der Waals surface area contributed by atoms with Crippen molar-refractivity contribution in [1.82, 2.24) is 0 Å². The fourth-order valence-corrected chi connectivity index (χ4v) is 8.97. The van der Waals surface area contributed by atoms with Crippen molar-refractivity contribution in [2.75, 3.05) is 0 Å². The molecule has 4 aliphatic carbocycles. The smallest absolute Gasteiger partial charge is 0.159 e. The molecule has 6 atom stereocenters. The zero-order valence-corrected chi connectivity index (χ0v) is 22.3. The summed E-state index contributed by atoms with van der Waals surface area (Å²) in [5.41, 5.74) is 2.29. The molecule has 0 amide bonds. The van der Waals surface area contributed by atoms with E-state index in [1.165, 1.54) is 5.57 Å². The summed E-state index contributed by atoms with van der Waals surface area (Å²) in [6, 6.07) is 0. The van der Waals surface area contributed by atoms with Crippen molar-refractivity contribution in [2.24, 2.45) is 39.4 Å². The molecule has 4 heteroatoms. The first-order chi connectivity index (χ1) is 15.7. The molecule has 0 radical (unpaired) electrons. The number of hydrogen-bond donors (Lipinski definition) is 0. The highest BCUT2D eigenvalue weighted by Crippen LogP contribution is 2.71. The number of rotatable bonds is 5. The Kier molecular flexibility index (Phi) is 6.10. The van der Waals surface area contributed by atoms with E-state index in [-0.39, 0.29) is 22.2 Å². The van der Waals surface area contributed by atoms with Gasteiger partial charge in [-0.15, -0.1) is 0 Å². The van der Waals surface area contributed by atoms with Gasteiger partial charge in [0.2, 0.25) is 0 Å². The lowest BCUT2D eigenvalue weighted by molar-refractivity contribution is -0.299. The Morgan fingerprint density at radius 1 is 1.09 bits per heavy atom. The Morgan fingerprint density at radius 3 is 2.41 bits per heavy atom. The van der Waals surface area contributed by atoms with Crippen molar-refractivity contribution in [2.45, 2.75) is 106 Å². The van der Waals surface area contributed by atoms with Gasteiger partial charge in [0, 0.05) is 29.2 Å². The molecule has 34 heavy (non-hydrogen) atoms. The first kappa shape index (κ1) is 25.4. The molecular formula is C30H43O4-. The van der Waals surface area contributed by atoms with Gasteiger partial charge in [0.1, 0.15) is 5.78 Å². The van der Waals surface area contributed by atoms with Gasteiger partial charge in [-0.2, -0.15) is 0 Å². The topological polar surface area (TPSA) is 74.3 Å². The van der Waals surface area contributed by atoms with Crippen molar-refractivity contribution in [3.63, 3.8) is 0 Å². The van der Waals surface area contributed by atoms with Gasteiger partial charge in [0.25, 0.3) is 0 Å². The quantitative estimate of drug-likeness (QED) is 0.494. The standard InChI is InChI=1S/C30H44O4/c1-18(9-8-10-19(2)26(33)34)20-11-16-30(7)25-21(12-15-29(20,30)6)28(5)14-13-24(32)27(3,4)23(28)17-22(25)31/h10,18,20,23H,8-9,11-17H2,1-7H3,(H,33,34)/p-1/b19-10+/t18-,20-,23?,28-,29-,30+/m1/s1. The van der Waals surface area contributed by atoms with Crippen LogP contribution in [-0.4, -0.2) is 17.5 Å². The van der Waals surface area contributed by atoms with Crippen molar-refractivity contribution >= 4 is 17.5 Å². The molecule has 0 aromatic heterocycles. The molecule has 0 heterocycles. The van der Waals surface area contributed by atoms with Crippen LogP contribution in [0, 0.1) is 39.4 Å². The van der Waals surface area contributed by atoms with Gasteiger partial charge in [-0.25, -0.2) is 0 Å². The lowest BCUT2D eigenvalue weighted by Crippen LogP contribution is -2.56. The summed E-state index contributed by atoms with van der Waals surface area (Å²) in [6.07, 6.45) is 9.73. The van der Waals surface area contributed by atoms with E-state index in [9.17, 15) is 19.5 Å². The predicted molar refractivity (Wildman–Crippen MR) is 132 cm³/mol. The number of carboxylic acids is 1. The van der Waals surface area contributed by atoms with E-state index in [0.29, 0.717) is 41.8 Å². The first-order valence-corrected chi connectivity index (χ1v) is 13.4. The average molecular weight is 468 g/mol. The number of allylic oxidation sites excluding steroid dienone is 3.